The maximum atomic E-state index is 9.57. The number of aliphatic hydroxyl groups is 1. The number of nitrogens with zero attached hydrogens (tertiary/aromatic N) is 1. The van der Waals surface area contributed by atoms with Crippen molar-refractivity contribution < 1.29 is 5.11 Å². The van der Waals surface area contributed by atoms with E-state index in [-0.39, 0.29) is 12.6 Å². The first-order valence-corrected chi connectivity index (χ1v) is 7.72. The Balaban J connectivity index is 2.26. The lowest BCUT2D eigenvalue weighted by molar-refractivity contribution is 0.244. The molecule has 1 aromatic carbocycles. The molecule has 1 aliphatic rings. The molecule has 1 aliphatic heterocycles. The van der Waals surface area contributed by atoms with Gasteiger partial charge in [-0.3, -0.25) is 0 Å². The molecule has 2 rings (SSSR count). The van der Waals surface area contributed by atoms with Crippen LogP contribution in [-0.2, 0) is 0 Å². The van der Waals surface area contributed by atoms with Crippen LogP contribution in [0.5, 0.6) is 0 Å². The van der Waals surface area contributed by atoms with E-state index in [0.29, 0.717) is 12.0 Å². The second-order valence-electron chi connectivity index (χ2n) is 5.43. The van der Waals surface area contributed by atoms with Crippen molar-refractivity contribution in [2.24, 2.45) is 5.92 Å². The van der Waals surface area contributed by atoms with E-state index in [1.165, 1.54) is 11.3 Å². The highest BCUT2D eigenvalue weighted by Gasteiger charge is 2.31. The Hall–Kier alpha value is -0.580. The molecule has 1 saturated heterocycles. The number of hydrogen-bond acceptors (Lipinski definition) is 3. The van der Waals surface area contributed by atoms with Crippen LogP contribution in [0.15, 0.2) is 22.7 Å². The highest BCUT2D eigenvalue weighted by atomic mass is 79.9. The molecule has 0 radical (unpaired) electrons. The van der Waals surface area contributed by atoms with Crippen molar-refractivity contribution >= 4 is 21.6 Å². The summed E-state index contributed by atoms with van der Waals surface area (Å²) >= 11 is 3.68. The molecular weight excluding hydrogens is 304 g/mol. The topological polar surface area (TPSA) is 35.5 Å². The van der Waals surface area contributed by atoms with Crippen LogP contribution in [-0.4, -0.2) is 31.3 Å². The van der Waals surface area contributed by atoms with Gasteiger partial charge in [0.2, 0.25) is 0 Å². The van der Waals surface area contributed by atoms with Crippen LogP contribution in [0, 0.1) is 5.92 Å². The van der Waals surface area contributed by atoms with Gasteiger partial charge < -0.3 is 15.3 Å². The van der Waals surface area contributed by atoms with E-state index in [1.807, 2.05) is 7.05 Å². The van der Waals surface area contributed by atoms with Crippen LogP contribution in [0.1, 0.15) is 31.9 Å². The van der Waals surface area contributed by atoms with E-state index in [0.717, 1.165) is 17.4 Å². The first kappa shape index (κ1) is 14.8. The summed E-state index contributed by atoms with van der Waals surface area (Å²) in [6.45, 7) is 5.61. The van der Waals surface area contributed by atoms with E-state index >= 15 is 0 Å². The van der Waals surface area contributed by atoms with Gasteiger partial charge in [-0.05, 0) is 59.9 Å². The number of benzene rings is 1. The third-order valence-electron chi connectivity index (χ3n) is 4.28. The first-order chi connectivity index (χ1) is 9.08. The zero-order chi connectivity index (χ0) is 14.0. The van der Waals surface area contributed by atoms with E-state index < -0.39 is 0 Å². The Morgan fingerprint density at radius 3 is 2.84 bits per heavy atom. The number of aliphatic hydroxyl groups excluding tert-OH is 1. The Bertz CT molecular complexity index is 438. The Morgan fingerprint density at radius 1 is 1.53 bits per heavy atom. The maximum Gasteiger partial charge on any atom is 0.0637 e. The largest absolute Gasteiger partial charge is 0.394 e. The molecule has 0 saturated carbocycles. The molecule has 19 heavy (non-hydrogen) atoms. The number of halogens is 1. The lowest BCUT2D eigenvalue weighted by Gasteiger charge is -2.28. The van der Waals surface area contributed by atoms with Gasteiger partial charge in [-0.25, -0.2) is 0 Å². The normalized spacial score (nSPS) is 24.8. The zero-order valence-corrected chi connectivity index (χ0v) is 13.4. The second kappa shape index (κ2) is 6.25. The Kier molecular flexibility index (Phi) is 4.87. The standard InChI is InChI=1S/C15H23BrN2O/c1-10-6-7-18(15(10)9-19)14-5-4-12(8-13(14)16)11(2)17-3/h4-5,8,10-11,15,17,19H,6-7,9H2,1-3H3. The summed E-state index contributed by atoms with van der Waals surface area (Å²) in [5, 5.41) is 12.8. The number of nitrogens with one attached hydrogen (secondary N) is 1. The predicted octanol–water partition coefficient (Wildman–Crippen LogP) is 2.94. The van der Waals surface area contributed by atoms with Crippen LogP contribution in [0.4, 0.5) is 5.69 Å². The summed E-state index contributed by atoms with van der Waals surface area (Å²) in [5.41, 5.74) is 2.46. The van der Waals surface area contributed by atoms with Crippen LogP contribution in [0.25, 0.3) is 0 Å². The van der Waals surface area contributed by atoms with Crippen molar-refractivity contribution in [1.29, 1.82) is 0 Å². The molecule has 1 fully saturated rings. The minimum absolute atomic E-state index is 0.224. The van der Waals surface area contributed by atoms with Gasteiger partial charge in [0.25, 0.3) is 0 Å². The van der Waals surface area contributed by atoms with Gasteiger partial charge in [0.1, 0.15) is 0 Å². The van der Waals surface area contributed by atoms with E-state index in [4.69, 9.17) is 0 Å². The van der Waals surface area contributed by atoms with Crippen molar-refractivity contribution in [2.75, 3.05) is 25.1 Å². The molecule has 0 amide bonds. The zero-order valence-electron chi connectivity index (χ0n) is 11.9. The molecule has 3 nitrogen and oxygen atoms in total. The average Bonchev–Trinajstić information content (AvgIpc) is 2.78. The number of hydrogen-bond donors (Lipinski definition) is 2. The van der Waals surface area contributed by atoms with Crippen molar-refractivity contribution in [2.45, 2.75) is 32.4 Å². The van der Waals surface area contributed by atoms with Gasteiger partial charge in [-0.1, -0.05) is 13.0 Å². The monoisotopic (exact) mass is 326 g/mol. The summed E-state index contributed by atoms with van der Waals surface area (Å²) in [7, 11) is 1.97. The predicted molar refractivity (Wildman–Crippen MR) is 83.6 cm³/mol. The molecule has 0 bridgehead atoms. The summed E-state index contributed by atoms with van der Waals surface area (Å²) in [6.07, 6.45) is 1.15. The first-order valence-electron chi connectivity index (χ1n) is 6.92. The third kappa shape index (κ3) is 2.96. The smallest absolute Gasteiger partial charge is 0.0637 e. The van der Waals surface area contributed by atoms with Gasteiger partial charge in [-0.2, -0.15) is 0 Å². The Labute approximate surface area is 124 Å². The lowest BCUT2D eigenvalue weighted by atomic mass is 10.0. The fourth-order valence-corrected chi connectivity index (χ4v) is 3.40. The molecule has 1 aromatic rings. The van der Waals surface area contributed by atoms with Gasteiger partial charge in [0.15, 0.2) is 0 Å². The lowest BCUT2D eigenvalue weighted by Crippen LogP contribution is -2.35. The van der Waals surface area contributed by atoms with Crippen LogP contribution >= 0.6 is 15.9 Å². The van der Waals surface area contributed by atoms with Gasteiger partial charge >= 0.3 is 0 Å². The van der Waals surface area contributed by atoms with Crippen molar-refractivity contribution in [1.82, 2.24) is 5.32 Å². The molecule has 106 valence electrons. The number of anilines is 1. The second-order valence-corrected chi connectivity index (χ2v) is 6.28. The summed E-state index contributed by atoms with van der Waals surface area (Å²) in [6, 6.07) is 7.08. The SMILES string of the molecule is CNC(C)c1ccc(N2CCC(C)C2CO)c(Br)c1. The third-order valence-corrected chi connectivity index (χ3v) is 4.92. The molecule has 1 heterocycles. The molecule has 4 heteroatoms. The molecule has 3 unspecified atom stereocenters. The Morgan fingerprint density at radius 2 is 2.26 bits per heavy atom. The van der Waals surface area contributed by atoms with Crippen molar-refractivity contribution in [3.05, 3.63) is 28.2 Å². The molecule has 0 aliphatic carbocycles. The minimum atomic E-state index is 0.224. The fourth-order valence-electron chi connectivity index (χ4n) is 2.78. The molecule has 3 atom stereocenters. The van der Waals surface area contributed by atoms with Crippen LogP contribution in [0.3, 0.4) is 0 Å². The summed E-state index contributed by atoms with van der Waals surface area (Å²) in [4.78, 5) is 2.32. The van der Waals surface area contributed by atoms with Gasteiger partial charge in [-0.15, -0.1) is 0 Å². The highest BCUT2D eigenvalue weighted by Crippen LogP contribution is 2.35. The quantitative estimate of drug-likeness (QED) is 0.893. The number of rotatable bonds is 4. The average molecular weight is 327 g/mol. The van der Waals surface area contributed by atoms with E-state index in [2.05, 4.69) is 58.2 Å². The molecule has 0 aromatic heterocycles. The van der Waals surface area contributed by atoms with Gasteiger partial charge in [0, 0.05) is 17.1 Å². The van der Waals surface area contributed by atoms with Crippen LogP contribution < -0.4 is 10.2 Å². The maximum absolute atomic E-state index is 9.57. The van der Waals surface area contributed by atoms with E-state index in [9.17, 15) is 5.11 Å². The van der Waals surface area contributed by atoms with Crippen molar-refractivity contribution in [3.63, 3.8) is 0 Å². The van der Waals surface area contributed by atoms with Crippen molar-refractivity contribution in [3.8, 4) is 0 Å². The molecular formula is C15H23BrN2O. The molecule has 2 N–H and O–H groups in total. The van der Waals surface area contributed by atoms with Gasteiger partial charge in [0.05, 0.1) is 18.3 Å². The van der Waals surface area contributed by atoms with Crippen LogP contribution in [0.2, 0.25) is 0 Å². The molecule has 0 spiro atoms. The summed E-state index contributed by atoms with van der Waals surface area (Å²) < 4.78 is 1.11. The fraction of sp³-hybridized carbons (Fsp3) is 0.600. The van der Waals surface area contributed by atoms with E-state index in [1.54, 1.807) is 0 Å². The highest BCUT2D eigenvalue weighted by molar-refractivity contribution is 9.10. The summed E-state index contributed by atoms with van der Waals surface area (Å²) in [5.74, 6) is 0.549. The minimum Gasteiger partial charge on any atom is -0.394 e.